The zero-order chi connectivity index (χ0) is 14.7. The fourth-order valence-corrected chi connectivity index (χ4v) is 3.52. The summed E-state index contributed by atoms with van der Waals surface area (Å²) >= 11 is 2.95. The lowest BCUT2D eigenvalue weighted by Crippen LogP contribution is -2.24. The maximum absolute atomic E-state index is 11.9. The number of hydrogen-bond acceptors (Lipinski definition) is 6. The van der Waals surface area contributed by atoms with Crippen LogP contribution in [-0.4, -0.2) is 22.4 Å². The molecule has 0 atom stereocenters. The molecule has 2 heterocycles. The van der Waals surface area contributed by atoms with Crippen molar-refractivity contribution in [3.63, 3.8) is 0 Å². The number of aryl methyl sites for hydroxylation is 4. The van der Waals surface area contributed by atoms with Crippen LogP contribution in [0.3, 0.4) is 0 Å². The van der Waals surface area contributed by atoms with Crippen molar-refractivity contribution in [2.45, 2.75) is 33.6 Å². The molecule has 5 nitrogen and oxygen atoms in total. The number of aromatic nitrogens is 2. The third kappa shape index (κ3) is 3.55. The average molecular weight is 310 g/mol. The molecular weight excluding hydrogens is 292 g/mol. The molecule has 7 heteroatoms. The summed E-state index contributed by atoms with van der Waals surface area (Å²) in [6.45, 7) is 6.53. The van der Waals surface area contributed by atoms with E-state index in [0.717, 1.165) is 23.5 Å². The van der Waals surface area contributed by atoms with Gasteiger partial charge in [-0.2, -0.15) is 0 Å². The van der Waals surface area contributed by atoms with Crippen LogP contribution in [-0.2, 0) is 6.42 Å². The number of carbonyl (C=O) groups excluding carboxylic acids is 1. The van der Waals surface area contributed by atoms with E-state index in [9.17, 15) is 4.79 Å². The van der Waals surface area contributed by atoms with Crippen LogP contribution in [0.5, 0.6) is 0 Å². The zero-order valence-corrected chi connectivity index (χ0v) is 13.5. The van der Waals surface area contributed by atoms with E-state index in [1.165, 1.54) is 16.2 Å². The van der Waals surface area contributed by atoms with Gasteiger partial charge in [-0.1, -0.05) is 11.3 Å². The van der Waals surface area contributed by atoms with E-state index in [-0.39, 0.29) is 5.91 Å². The second-order valence-corrected chi connectivity index (χ2v) is 6.89. The van der Waals surface area contributed by atoms with Crippen molar-refractivity contribution in [1.82, 2.24) is 15.3 Å². The molecule has 0 fully saturated rings. The first kappa shape index (κ1) is 14.9. The van der Waals surface area contributed by atoms with Gasteiger partial charge in [0.05, 0.1) is 16.4 Å². The van der Waals surface area contributed by atoms with Gasteiger partial charge in [0.2, 0.25) is 0 Å². The lowest BCUT2D eigenvalue weighted by molar-refractivity contribution is 0.0956. The third-order valence-corrected chi connectivity index (χ3v) is 5.06. The highest BCUT2D eigenvalue weighted by atomic mass is 32.1. The minimum atomic E-state index is -0.0943. The van der Waals surface area contributed by atoms with Gasteiger partial charge in [0.1, 0.15) is 4.88 Å². The van der Waals surface area contributed by atoms with Gasteiger partial charge in [-0.15, -0.1) is 11.3 Å². The van der Waals surface area contributed by atoms with Crippen molar-refractivity contribution in [2.75, 3.05) is 12.3 Å². The highest BCUT2D eigenvalue weighted by Gasteiger charge is 2.13. The summed E-state index contributed by atoms with van der Waals surface area (Å²) in [6, 6.07) is 0. The van der Waals surface area contributed by atoms with E-state index in [4.69, 9.17) is 5.73 Å². The summed E-state index contributed by atoms with van der Waals surface area (Å²) in [5.41, 5.74) is 7.38. The monoisotopic (exact) mass is 310 g/mol. The Hall–Kier alpha value is -1.47. The first-order valence-corrected chi connectivity index (χ1v) is 8.04. The maximum Gasteiger partial charge on any atom is 0.263 e. The highest BCUT2D eigenvalue weighted by Crippen LogP contribution is 2.19. The highest BCUT2D eigenvalue weighted by molar-refractivity contribution is 7.17. The molecule has 0 radical (unpaired) electrons. The summed E-state index contributed by atoms with van der Waals surface area (Å²) in [5.74, 6) is -0.0943. The normalized spacial score (nSPS) is 10.8. The second-order valence-electron chi connectivity index (χ2n) is 4.58. The Morgan fingerprint density at radius 3 is 2.50 bits per heavy atom. The van der Waals surface area contributed by atoms with Crippen LogP contribution >= 0.6 is 22.7 Å². The van der Waals surface area contributed by atoms with E-state index in [1.807, 2.05) is 6.92 Å². The topological polar surface area (TPSA) is 80.9 Å². The first-order chi connectivity index (χ1) is 9.47. The molecule has 0 aromatic carbocycles. The van der Waals surface area contributed by atoms with Crippen LogP contribution in [0.4, 0.5) is 5.13 Å². The molecule has 2 aromatic heterocycles. The van der Waals surface area contributed by atoms with Crippen LogP contribution < -0.4 is 11.1 Å². The van der Waals surface area contributed by atoms with Gasteiger partial charge < -0.3 is 11.1 Å². The second kappa shape index (κ2) is 6.32. The number of rotatable bonds is 5. The molecular formula is C13H18N4OS2. The average Bonchev–Trinajstić information content (AvgIpc) is 2.88. The molecule has 0 aliphatic heterocycles. The molecule has 2 rings (SSSR count). The van der Waals surface area contributed by atoms with Crippen LogP contribution in [0, 0.1) is 20.8 Å². The lowest BCUT2D eigenvalue weighted by atomic mass is 10.3. The van der Waals surface area contributed by atoms with Crippen molar-refractivity contribution < 1.29 is 4.79 Å². The Labute approximate surface area is 126 Å². The minimum Gasteiger partial charge on any atom is -0.375 e. The fraction of sp³-hybridized carbons (Fsp3) is 0.462. The number of anilines is 1. The SMILES string of the molecule is Cc1nc(CCCNC(=O)c2sc(N)nc2C)sc1C. The lowest BCUT2D eigenvalue weighted by Gasteiger charge is -2.02. The quantitative estimate of drug-likeness (QED) is 0.831. The molecule has 0 bridgehead atoms. The summed E-state index contributed by atoms with van der Waals surface area (Å²) in [5, 5.41) is 4.46. The molecule has 0 saturated carbocycles. The summed E-state index contributed by atoms with van der Waals surface area (Å²) in [4.78, 5) is 22.3. The first-order valence-electron chi connectivity index (χ1n) is 6.41. The Balaban J connectivity index is 1.78. The van der Waals surface area contributed by atoms with Crippen LogP contribution in [0.2, 0.25) is 0 Å². The minimum absolute atomic E-state index is 0.0943. The zero-order valence-electron chi connectivity index (χ0n) is 11.8. The van der Waals surface area contributed by atoms with Crippen molar-refractivity contribution in [2.24, 2.45) is 0 Å². The van der Waals surface area contributed by atoms with Crippen LogP contribution in [0.25, 0.3) is 0 Å². The molecule has 20 heavy (non-hydrogen) atoms. The number of amides is 1. The predicted molar refractivity (Wildman–Crippen MR) is 83.5 cm³/mol. The Bertz CT molecular complexity index is 598. The van der Waals surface area contributed by atoms with Crippen LogP contribution in [0.15, 0.2) is 0 Å². The Morgan fingerprint density at radius 1 is 1.20 bits per heavy atom. The van der Waals surface area contributed by atoms with E-state index >= 15 is 0 Å². The fourth-order valence-electron chi connectivity index (χ4n) is 1.80. The van der Waals surface area contributed by atoms with E-state index in [1.54, 1.807) is 18.3 Å². The summed E-state index contributed by atoms with van der Waals surface area (Å²) in [6.07, 6.45) is 1.77. The largest absolute Gasteiger partial charge is 0.375 e. The number of hydrogen-bond donors (Lipinski definition) is 2. The number of nitrogens with one attached hydrogen (secondary N) is 1. The van der Waals surface area contributed by atoms with Gasteiger partial charge in [-0.25, -0.2) is 9.97 Å². The molecule has 0 aliphatic rings. The number of nitrogen functional groups attached to an aromatic ring is 1. The Kier molecular flexibility index (Phi) is 4.72. The van der Waals surface area contributed by atoms with Gasteiger partial charge >= 0.3 is 0 Å². The molecule has 0 unspecified atom stereocenters. The summed E-state index contributed by atoms with van der Waals surface area (Å²) in [7, 11) is 0. The molecule has 0 aliphatic carbocycles. The molecule has 1 amide bonds. The number of nitrogens with two attached hydrogens (primary N) is 1. The molecule has 2 aromatic rings. The standard InChI is InChI=1S/C13H18N4OS2/c1-7-9(3)19-10(16-7)5-4-6-15-12(18)11-8(2)17-13(14)20-11/h4-6H2,1-3H3,(H2,14,17)(H,15,18). The van der Waals surface area contributed by atoms with Gasteiger partial charge in [-0.3, -0.25) is 4.79 Å². The van der Waals surface area contributed by atoms with Gasteiger partial charge in [0.15, 0.2) is 5.13 Å². The van der Waals surface area contributed by atoms with Gasteiger partial charge in [0, 0.05) is 17.8 Å². The molecule has 0 spiro atoms. The van der Waals surface area contributed by atoms with Crippen molar-refractivity contribution in [3.05, 3.63) is 26.1 Å². The van der Waals surface area contributed by atoms with Gasteiger partial charge in [-0.05, 0) is 27.2 Å². The number of carbonyl (C=O) groups is 1. The number of nitrogens with zero attached hydrogens (tertiary/aromatic N) is 2. The smallest absolute Gasteiger partial charge is 0.263 e. The van der Waals surface area contributed by atoms with E-state index < -0.39 is 0 Å². The van der Waals surface area contributed by atoms with E-state index in [2.05, 4.69) is 22.2 Å². The van der Waals surface area contributed by atoms with Gasteiger partial charge in [0.25, 0.3) is 5.91 Å². The number of thiazole rings is 2. The van der Waals surface area contributed by atoms with Crippen molar-refractivity contribution in [3.8, 4) is 0 Å². The molecule has 108 valence electrons. The predicted octanol–water partition coefficient (Wildman–Crippen LogP) is 2.47. The Morgan fingerprint density at radius 2 is 1.95 bits per heavy atom. The molecule has 0 saturated heterocycles. The maximum atomic E-state index is 11.9. The summed E-state index contributed by atoms with van der Waals surface area (Å²) < 4.78 is 0. The third-order valence-electron chi connectivity index (χ3n) is 2.95. The van der Waals surface area contributed by atoms with Crippen LogP contribution in [0.1, 0.15) is 37.4 Å². The van der Waals surface area contributed by atoms with E-state index in [0.29, 0.717) is 22.2 Å². The molecule has 3 N–H and O–H groups in total. The van der Waals surface area contributed by atoms with Crippen molar-refractivity contribution in [1.29, 1.82) is 0 Å². The van der Waals surface area contributed by atoms with Crippen molar-refractivity contribution >= 4 is 33.7 Å².